The lowest BCUT2D eigenvalue weighted by molar-refractivity contribution is 0.309. The fourth-order valence-corrected chi connectivity index (χ4v) is 2.48. The van der Waals surface area contributed by atoms with Gasteiger partial charge in [0.15, 0.2) is 0 Å². The highest BCUT2D eigenvalue weighted by atomic mass is 32.1. The lowest BCUT2D eigenvalue weighted by atomic mass is 10.2. The summed E-state index contributed by atoms with van der Waals surface area (Å²) in [6, 6.07) is 7.64. The molecule has 0 aliphatic carbocycles. The van der Waals surface area contributed by atoms with Crippen LogP contribution in [0.25, 0.3) is 11.4 Å². The molecular formula is C14H13N3O2S. The first-order valence-corrected chi connectivity index (χ1v) is 6.97. The molecule has 20 heavy (non-hydrogen) atoms. The molecule has 102 valence electrons. The summed E-state index contributed by atoms with van der Waals surface area (Å²) in [6.45, 7) is 4.26. The van der Waals surface area contributed by atoms with Gasteiger partial charge in [0.05, 0.1) is 9.88 Å². The minimum atomic E-state index is 0.514. The first-order valence-electron chi connectivity index (χ1n) is 6.15. The van der Waals surface area contributed by atoms with Gasteiger partial charge >= 0.3 is 0 Å². The number of benzene rings is 1. The van der Waals surface area contributed by atoms with Crippen LogP contribution in [0, 0.1) is 13.8 Å². The Morgan fingerprint density at radius 2 is 2.20 bits per heavy atom. The quantitative estimate of drug-likeness (QED) is 0.736. The summed E-state index contributed by atoms with van der Waals surface area (Å²) in [5.74, 6) is 1.89. The van der Waals surface area contributed by atoms with Crippen LogP contribution in [-0.2, 0) is 6.61 Å². The monoisotopic (exact) mass is 287 g/mol. The van der Waals surface area contributed by atoms with Gasteiger partial charge in [-0.2, -0.15) is 4.98 Å². The zero-order valence-corrected chi connectivity index (χ0v) is 12.0. The second-order valence-electron chi connectivity index (χ2n) is 4.30. The van der Waals surface area contributed by atoms with Crippen molar-refractivity contribution in [2.24, 2.45) is 0 Å². The molecule has 0 aliphatic rings. The maximum atomic E-state index is 5.76. The maximum Gasteiger partial charge on any atom is 0.223 e. The minimum absolute atomic E-state index is 0.514. The molecule has 0 amide bonds. The normalized spacial score (nSPS) is 10.7. The number of aryl methyl sites for hydroxylation is 2. The second-order valence-corrected chi connectivity index (χ2v) is 5.62. The van der Waals surface area contributed by atoms with Gasteiger partial charge in [0.25, 0.3) is 0 Å². The molecular weight excluding hydrogens is 274 g/mol. The Morgan fingerprint density at radius 3 is 2.90 bits per heavy atom. The van der Waals surface area contributed by atoms with Crippen molar-refractivity contribution in [3.63, 3.8) is 0 Å². The zero-order chi connectivity index (χ0) is 13.9. The van der Waals surface area contributed by atoms with Crippen molar-refractivity contribution < 1.29 is 9.26 Å². The van der Waals surface area contributed by atoms with Crippen molar-refractivity contribution in [3.05, 3.63) is 46.2 Å². The van der Waals surface area contributed by atoms with E-state index in [9.17, 15) is 0 Å². The van der Waals surface area contributed by atoms with Crippen LogP contribution in [0.3, 0.4) is 0 Å². The lowest BCUT2D eigenvalue weighted by Gasteiger charge is -2.05. The maximum absolute atomic E-state index is 5.76. The van der Waals surface area contributed by atoms with Gasteiger partial charge in [0.2, 0.25) is 11.7 Å². The molecule has 5 nitrogen and oxygen atoms in total. The molecule has 2 heterocycles. The van der Waals surface area contributed by atoms with Gasteiger partial charge in [-0.15, -0.1) is 11.3 Å². The summed E-state index contributed by atoms with van der Waals surface area (Å²) in [5.41, 5.74) is 0.875. The van der Waals surface area contributed by atoms with E-state index in [0.29, 0.717) is 18.3 Å². The van der Waals surface area contributed by atoms with E-state index in [2.05, 4.69) is 15.1 Å². The standard InChI is InChI=1S/C14H13N3O2S/c1-9-16-14(17-19-9)11-4-3-5-12(6-11)18-8-13-7-15-10(2)20-13/h3-7H,8H2,1-2H3. The third kappa shape index (κ3) is 2.85. The molecule has 2 aromatic heterocycles. The molecule has 0 saturated carbocycles. The summed E-state index contributed by atoms with van der Waals surface area (Å²) in [4.78, 5) is 9.51. The van der Waals surface area contributed by atoms with E-state index in [1.807, 2.05) is 37.4 Å². The Hall–Kier alpha value is -2.21. The van der Waals surface area contributed by atoms with Crippen LogP contribution in [0.1, 0.15) is 15.8 Å². The fraction of sp³-hybridized carbons (Fsp3) is 0.214. The lowest BCUT2D eigenvalue weighted by Crippen LogP contribution is -1.93. The number of hydrogen-bond donors (Lipinski definition) is 0. The average molecular weight is 287 g/mol. The molecule has 0 spiro atoms. The molecule has 0 N–H and O–H groups in total. The fourth-order valence-electron chi connectivity index (χ4n) is 1.77. The highest BCUT2D eigenvalue weighted by molar-refractivity contribution is 7.11. The van der Waals surface area contributed by atoms with Crippen LogP contribution in [0.5, 0.6) is 5.75 Å². The van der Waals surface area contributed by atoms with Crippen LogP contribution >= 0.6 is 11.3 Å². The van der Waals surface area contributed by atoms with Crippen molar-refractivity contribution in [2.75, 3.05) is 0 Å². The number of thiazole rings is 1. The van der Waals surface area contributed by atoms with Crippen LogP contribution in [0.15, 0.2) is 35.0 Å². The van der Waals surface area contributed by atoms with E-state index < -0.39 is 0 Å². The smallest absolute Gasteiger partial charge is 0.223 e. The first kappa shape index (κ1) is 12.8. The SMILES string of the molecule is Cc1nc(-c2cccc(OCc3cnc(C)s3)c2)no1. The van der Waals surface area contributed by atoms with Gasteiger partial charge in [-0.1, -0.05) is 17.3 Å². The van der Waals surface area contributed by atoms with Crippen molar-refractivity contribution in [2.45, 2.75) is 20.5 Å². The Morgan fingerprint density at radius 1 is 1.30 bits per heavy atom. The molecule has 0 radical (unpaired) electrons. The number of ether oxygens (including phenoxy) is 1. The highest BCUT2D eigenvalue weighted by Crippen LogP contribution is 2.23. The van der Waals surface area contributed by atoms with Crippen LogP contribution in [0.4, 0.5) is 0 Å². The highest BCUT2D eigenvalue weighted by Gasteiger charge is 2.07. The summed E-state index contributed by atoms with van der Waals surface area (Å²) in [7, 11) is 0. The predicted octanol–water partition coefficient (Wildman–Crippen LogP) is 3.39. The van der Waals surface area contributed by atoms with E-state index in [0.717, 1.165) is 21.2 Å². The summed E-state index contributed by atoms with van der Waals surface area (Å²) in [5, 5.41) is 4.94. The third-order valence-electron chi connectivity index (χ3n) is 2.67. The largest absolute Gasteiger partial charge is 0.488 e. The molecule has 0 fully saturated rings. The van der Waals surface area contributed by atoms with Crippen molar-refractivity contribution >= 4 is 11.3 Å². The topological polar surface area (TPSA) is 61.0 Å². The predicted molar refractivity (Wildman–Crippen MR) is 75.7 cm³/mol. The summed E-state index contributed by atoms with van der Waals surface area (Å²) in [6.07, 6.45) is 1.84. The van der Waals surface area contributed by atoms with E-state index in [1.165, 1.54) is 0 Å². The van der Waals surface area contributed by atoms with Crippen molar-refractivity contribution in [1.29, 1.82) is 0 Å². The molecule has 0 bridgehead atoms. The van der Waals surface area contributed by atoms with Gasteiger partial charge in [-0.05, 0) is 19.1 Å². The van der Waals surface area contributed by atoms with Crippen molar-refractivity contribution in [1.82, 2.24) is 15.1 Å². The van der Waals surface area contributed by atoms with E-state index in [1.54, 1.807) is 18.3 Å². The Kier molecular flexibility index (Phi) is 3.47. The number of hydrogen-bond acceptors (Lipinski definition) is 6. The van der Waals surface area contributed by atoms with Crippen LogP contribution in [0.2, 0.25) is 0 Å². The van der Waals surface area contributed by atoms with Gasteiger partial charge in [-0.25, -0.2) is 4.98 Å². The molecule has 1 aromatic carbocycles. The van der Waals surface area contributed by atoms with E-state index in [-0.39, 0.29) is 0 Å². The molecule has 0 unspecified atom stereocenters. The minimum Gasteiger partial charge on any atom is -0.488 e. The summed E-state index contributed by atoms with van der Waals surface area (Å²) < 4.78 is 10.7. The molecule has 0 saturated heterocycles. The Bertz CT molecular complexity index is 721. The van der Waals surface area contributed by atoms with Gasteiger partial charge in [0.1, 0.15) is 12.4 Å². The van der Waals surface area contributed by atoms with E-state index in [4.69, 9.17) is 9.26 Å². The van der Waals surface area contributed by atoms with Crippen LogP contribution in [-0.4, -0.2) is 15.1 Å². The van der Waals surface area contributed by atoms with Crippen molar-refractivity contribution in [3.8, 4) is 17.1 Å². The second kappa shape index (κ2) is 5.42. The van der Waals surface area contributed by atoms with Gasteiger partial charge in [-0.3, -0.25) is 0 Å². The number of rotatable bonds is 4. The molecule has 0 atom stereocenters. The molecule has 0 aliphatic heterocycles. The molecule has 3 rings (SSSR count). The third-order valence-corrected chi connectivity index (χ3v) is 3.56. The molecule has 3 aromatic rings. The molecule has 6 heteroatoms. The van der Waals surface area contributed by atoms with Gasteiger partial charge in [0, 0.05) is 18.7 Å². The number of nitrogens with zero attached hydrogens (tertiary/aromatic N) is 3. The average Bonchev–Trinajstić information content (AvgIpc) is 3.06. The Labute approximate surface area is 120 Å². The number of aromatic nitrogens is 3. The van der Waals surface area contributed by atoms with Crippen LogP contribution < -0.4 is 4.74 Å². The zero-order valence-electron chi connectivity index (χ0n) is 11.2. The summed E-state index contributed by atoms with van der Waals surface area (Å²) >= 11 is 1.64. The first-order chi connectivity index (χ1) is 9.70. The van der Waals surface area contributed by atoms with Gasteiger partial charge < -0.3 is 9.26 Å². The van der Waals surface area contributed by atoms with E-state index >= 15 is 0 Å². The Balaban J connectivity index is 1.74.